The van der Waals surface area contributed by atoms with E-state index in [1.54, 1.807) is 6.07 Å². The van der Waals surface area contributed by atoms with E-state index in [2.05, 4.69) is 6.92 Å². The maximum Gasteiger partial charge on any atom is 0.324 e. The Morgan fingerprint density at radius 1 is 1.53 bits per heavy atom. The van der Waals surface area contributed by atoms with E-state index in [1.807, 2.05) is 0 Å². The van der Waals surface area contributed by atoms with E-state index in [0.717, 1.165) is 24.1 Å². The van der Waals surface area contributed by atoms with E-state index in [9.17, 15) is 10.1 Å². The molecule has 0 saturated carbocycles. The summed E-state index contributed by atoms with van der Waals surface area (Å²) in [7, 11) is 0. The van der Waals surface area contributed by atoms with Gasteiger partial charge in [-0.3, -0.25) is 10.1 Å². The third kappa shape index (κ3) is 3.60. The fourth-order valence-electron chi connectivity index (χ4n) is 1.40. The third-order valence-corrected chi connectivity index (χ3v) is 3.45. The fourth-order valence-corrected chi connectivity index (χ4v) is 2.25. The van der Waals surface area contributed by atoms with Crippen LogP contribution in [0.25, 0.3) is 0 Å². The van der Waals surface area contributed by atoms with Crippen molar-refractivity contribution in [1.82, 2.24) is 0 Å². The quantitative estimate of drug-likeness (QED) is 0.461. The molecule has 0 aliphatic carbocycles. The summed E-state index contributed by atoms with van der Waals surface area (Å²) in [5.74, 6) is 0. The van der Waals surface area contributed by atoms with Crippen LogP contribution in [0.5, 0.6) is 0 Å². The van der Waals surface area contributed by atoms with E-state index in [-0.39, 0.29) is 16.0 Å². The standard InChI is InChI=1S/C10H16N2O2S/c1-2-3-4-5-8(11)9-6-7-10(15-9)12(13)14/h6-8H,2-5,11H2,1H3/t8-/m0/s1. The number of thiophene rings is 1. The molecule has 84 valence electrons. The number of unbranched alkanes of at least 4 members (excludes halogenated alkanes) is 2. The molecular formula is C10H16N2O2S. The molecule has 1 aromatic heterocycles. The van der Waals surface area contributed by atoms with Crippen LogP contribution in [-0.4, -0.2) is 4.92 Å². The summed E-state index contributed by atoms with van der Waals surface area (Å²) in [6, 6.07) is 3.24. The van der Waals surface area contributed by atoms with Gasteiger partial charge in [0.25, 0.3) is 0 Å². The van der Waals surface area contributed by atoms with Gasteiger partial charge in [-0.1, -0.05) is 37.5 Å². The lowest BCUT2D eigenvalue weighted by molar-refractivity contribution is -0.380. The zero-order valence-corrected chi connectivity index (χ0v) is 9.63. The lowest BCUT2D eigenvalue weighted by Crippen LogP contribution is -2.07. The molecule has 0 saturated heterocycles. The van der Waals surface area contributed by atoms with E-state index < -0.39 is 0 Å². The molecule has 1 atom stereocenters. The van der Waals surface area contributed by atoms with Crippen molar-refractivity contribution in [1.29, 1.82) is 0 Å². The lowest BCUT2D eigenvalue weighted by Gasteiger charge is -2.07. The first kappa shape index (κ1) is 12.1. The first-order chi connectivity index (χ1) is 7.15. The molecule has 5 heteroatoms. The maximum atomic E-state index is 10.5. The summed E-state index contributed by atoms with van der Waals surface area (Å²) in [6.45, 7) is 2.14. The van der Waals surface area contributed by atoms with Crippen LogP contribution in [0.15, 0.2) is 12.1 Å². The monoisotopic (exact) mass is 228 g/mol. The first-order valence-electron chi connectivity index (χ1n) is 5.15. The van der Waals surface area contributed by atoms with Gasteiger partial charge in [0.05, 0.1) is 4.92 Å². The highest BCUT2D eigenvalue weighted by molar-refractivity contribution is 7.15. The summed E-state index contributed by atoms with van der Waals surface area (Å²) in [5.41, 5.74) is 5.94. The molecule has 0 fully saturated rings. The smallest absolute Gasteiger partial charge is 0.323 e. The molecule has 1 heterocycles. The molecule has 0 spiro atoms. The maximum absolute atomic E-state index is 10.5. The minimum atomic E-state index is -0.368. The second-order valence-corrected chi connectivity index (χ2v) is 4.63. The number of rotatable bonds is 6. The van der Waals surface area contributed by atoms with Crippen molar-refractivity contribution in [2.24, 2.45) is 5.73 Å². The van der Waals surface area contributed by atoms with Crippen LogP contribution in [0.3, 0.4) is 0 Å². The Bertz CT molecular complexity index is 325. The molecule has 0 radical (unpaired) electrons. The number of nitro groups is 1. The Kier molecular flexibility index (Phi) is 4.71. The fraction of sp³-hybridized carbons (Fsp3) is 0.600. The van der Waals surface area contributed by atoms with Gasteiger partial charge < -0.3 is 5.73 Å². The van der Waals surface area contributed by atoms with Crippen molar-refractivity contribution in [2.45, 2.75) is 38.6 Å². The molecule has 2 N–H and O–H groups in total. The van der Waals surface area contributed by atoms with E-state index in [4.69, 9.17) is 5.73 Å². The van der Waals surface area contributed by atoms with Crippen molar-refractivity contribution in [3.63, 3.8) is 0 Å². The summed E-state index contributed by atoms with van der Waals surface area (Å²) in [4.78, 5) is 11.0. The van der Waals surface area contributed by atoms with Crippen LogP contribution in [0.4, 0.5) is 5.00 Å². The van der Waals surface area contributed by atoms with Crippen LogP contribution < -0.4 is 5.73 Å². The molecule has 0 bridgehead atoms. The highest BCUT2D eigenvalue weighted by atomic mass is 32.1. The lowest BCUT2D eigenvalue weighted by atomic mass is 10.1. The van der Waals surface area contributed by atoms with E-state index >= 15 is 0 Å². The molecule has 1 aromatic rings. The number of hydrogen-bond acceptors (Lipinski definition) is 4. The molecule has 15 heavy (non-hydrogen) atoms. The Balaban J connectivity index is 2.50. The normalized spacial score (nSPS) is 12.7. The van der Waals surface area contributed by atoms with Gasteiger partial charge in [-0.2, -0.15) is 0 Å². The largest absolute Gasteiger partial charge is 0.324 e. The molecule has 4 nitrogen and oxygen atoms in total. The molecular weight excluding hydrogens is 212 g/mol. The summed E-state index contributed by atoms with van der Waals surface area (Å²) < 4.78 is 0. The van der Waals surface area contributed by atoms with Crippen molar-refractivity contribution in [3.05, 3.63) is 27.1 Å². The SMILES string of the molecule is CCCCC[C@H](N)c1ccc([N+](=O)[O-])s1. The van der Waals surface area contributed by atoms with Crippen molar-refractivity contribution >= 4 is 16.3 Å². The molecule has 0 amide bonds. The van der Waals surface area contributed by atoms with Crippen LogP contribution in [0.1, 0.15) is 43.5 Å². The highest BCUT2D eigenvalue weighted by Crippen LogP contribution is 2.29. The second kappa shape index (κ2) is 5.82. The summed E-state index contributed by atoms with van der Waals surface area (Å²) in [5, 5.41) is 10.6. The first-order valence-corrected chi connectivity index (χ1v) is 5.96. The van der Waals surface area contributed by atoms with Gasteiger partial charge in [-0.25, -0.2) is 0 Å². The van der Waals surface area contributed by atoms with E-state index in [1.165, 1.54) is 23.8 Å². The third-order valence-electron chi connectivity index (χ3n) is 2.28. The number of nitrogens with two attached hydrogens (primary N) is 1. The van der Waals surface area contributed by atoms with Crippen molar-refractivity contribution < 1.29 is 4.92 Å². The molecule has 0 aromatic carbocycles. The summed E-state index contributed by atoms with van der Waals surface area (Å²) in [6.07, 6.45) is 4.33. The average Bonchev–Trinajstić information content (AvgIpc) is 2.66. The van der Waals surface area contributed by atoms with Gasteiger partial charge in [0.15, 0.2) is 0 Å². The highest BCUT2D eigenvalue weighted by Gasteiger charge is 2.14. The molecule has 1 rings (SSSR count). The zero-order chi connectivity index (χ0) is 11.3. The van der Waals surface area contributed by atoms with Gasteiger partial charge >= 0.3 is 5.00 Å². The predicted molar refractivity (Wildman–Crippen MR) is 62.0 cm³/mol. The Labute approximate surface area is 93.3 Å². The summed E-state index contributed by atoms with van der Waals surface area (Å²) >= 11 is 1.18. The van der Waals surface area contributed by atoms with Crippen LogP contribution in [0.2, 0.25) is 0 Å². The van der Waals surface area contributed by atoms with Gasteiger partial charge in [-0.05, 0) is 12.5 Å². The van der Waals surface area contributed by atoms with Crippen molar-refractivity contribution in [3.8, 4) is 0 Å². The Morgan fingerprint density at radius 3 is 2.80 bits per heavy atom. The Morgan fingerprint density at radius 2 is 2.27 bits per heavy atom. The van der Waals surface area contributed by atoms with Crippen LogP contribution in [0, 0.1) is 10.1 Å². The van der Waals surface area contributed by atoms with Crippen LogP contribution in [-0.2, 0) is 0 Å². The Hall–Kier alpha value is -0.940. The minimum Gasteiger partial charge on any atom is -0.323 e. The molecule has 0 aliphatic heterocycles. The molecule has 0 unspecified atom stereocenters. The predicted octanol–water partition coefficient (Wildman–Crippen LogP) is 3.24. The number of nitrogens with zero attached hydrogens (tertiary/aromatic N) is 1. The van der Waals surface area contributed by atoms with Gasteiger partial charge in [-0.15, -0.1) is 0 Å². The topological polar surface area (TPSA) is 69.2 Å². The van der Waals surface area contributed by atoms with Gasteiger partial charge in [0.1, 0.15) is 0 Å². The van der Waals surface area contributed by atoms with Gasteiger partial charge in [0, 0.05) is 17.0 Å². The van der Waals surface area contributed by atoms with Gasteiger partial charge in [0.2, 0.25) is 0 Å². The van der Waals surface area contributed by atoms with E-state index in [0.29, 0.717) is 0 Å². The van der Waals surface area contributed by atoms with Crippen LogP contribution >= 0.6 is 11.3 Å². The average molecular weight is 228 g/mol. The minimum absolute atomic E-state index is 0.0461. The molecule has 0 aliphatic rings. The zero-order valence-electron chi connectivity index (χ0n) is 8.81. The second-order valence-electron chi connectivity index (χ2n) is 3.54. The number of hydrogen-bond donors (Lipinski definition) is 1. The van der Waals surface area contributed by atoms with Crippen molar-refractivity contribution in [2.75, 3.05) is 0 Å².